The lowest BCUT2D eigenvalue weighted by atomic mass is 10.2. The monoisotopic (exact) mass is 271 g/mol. The standard InChI is InChI=1S/C13H21N3O.ClH/c1-15(2)12-8-6-7-11(9-12)14-13(17)10-16(3,4)5;/h6-9H,10H2,1-5H3;1H. The van der Waals surface area contributed by atoms with Crippen molar-refractivity contribution >= 4 is 17.3 Å². The molecule has 0 unspecified atom stereocenters. The molecule has 0 heterocycles. The fourth-order valence-corrected chi connectivity index (χ4v) is 1.49. The molecular formula is C13H22ClN3O. The van der Waals surface area contributed by atoms with Gasteiger partial charge in [-0.25, -0.2) is 0 Å². The van der Waals surface area contributed by atoms with Crippen LogP contribution in [0, 0.1) is 0 Å². The smallest absolute Gasteiger partial charge is 0.279 e. The van der Waals surface area contributed by atoms with Gasteiger partial charge < -0.3 is 27.1 Å². The zero-order valence-electron chi connectivity index (χ0n) is 11.7. The third-order valence-electron chi connectivity index (χ3n) is 2.26. The number of nitrogens with zero attached hydrogens (tertiary/aromatic N) is 2. The van der Waals surface area contributed by atoms with Crippen molar-refractivity contribution in [1.29, 1.82) is 0 Å². The third kappa shape index (κ3) is 5.89. The van der Waals surface area contributed by atoms with E-state index in [9.17, 15) is 4.79 Å². The number of anilines is 2. The molecule has 0 aliphatic rings. The fraction of sp³-hybridized carbons (Fsp3) is 0.462. The van der Waals surface area contributed by atoms with E-state index in [-0.39, 0.29) is 18.3 Å². The average Bonchev–Trinajstić information content (AvgIpc) is 2.14. The summed E-state index contributed by atoms with van der Waals surface area (Å²) in [5.41, 5.74) is 1.92. The van der Waals surface area contributed by atoms with Gasteiger partial charge in [-0.1, -0.05) is 6.07 Å². The van der Waals surface area contributed by atoms with Gasteiger partial charge in [-0.05, 0) is 18.2 Å². The van der Waals surface area contributed by atoms with E-state index in [4.69, 9.17) is 0 Å². The summed E-state index contributed by atoms with van der Waals surface area (Å²) in [7, 11) is 9.95. The number of rotatable bonds is 4. The van der Waals surface area contributed by atoms with Crippen molar-refractivity contribution in [2.24, 2.45) is 0 Å². The molecule has 0 aliphatic carbocycles. The molecule has 5 heteroatoms. The SMILES string of the molecule is CN(C)c1cccc(NC(=O)C[N+](C)(C)C)c1.[Cl-]. The number of benzene rings is 1. The lowest BCUT2D eigenvalue weighted by Gasteiger charge is -2.23. The lowest BCUT2D eigenvalue weighted by molar-refractivity contribution is -0.861. The Labute approximate surface area is 116 Å². The number of likely N-dealkylation sites (N-methyl/N-ethyl adjacent to an activating group) is 1. The molecule has 0 spiro atoms. The summed E-state index contributed by atoms with van der Waals surface area (Å²) in [6.07, 6.45) is 0. The lowest BCUT2D eigenvalue weighted by Crippen LogP contribution is -3.00. The van der Waals surface area contributed by atoms with Crippen molar-refractivity contribution < 1.29 is 21.7 Å². The highest BCUT2D eigenvalue weighted by atomic mass is 35.5. The molecule has 0 aromatic heterocycles. The number of hydrogen-bond acceptors (Lipinski definition) is 2. The van der Waals surface area contributed by atoms with Gasteiger partial charge >= 0.3 is 0 Å². The van der Waals surface area contributed by atoms with E-state index >= 15 is 0 Å². The van der Waals surface area contributed by atoms with Crippen LogP contribution in [0.25, 0.3) is 0 Å². The van der Waals surface area contributed by atoms with E-state index in [0.717, 1.165) is 11.4 Å². The topological polar surface area (TPSA) is 32.3 Å². The van der Waals surface area contributed by atoms with Crippen molar-refractivity contribution in [3.8, 4) is 0 Å². The molecule has 1 rings (SSSR count). The normalized spacial score (nSPS) is 10.5. The van der Waals surface area contributed by atoms with Gasteiger partial charge in [0, 0.05) is 25.5 Å². The number of carbonyl (C=O) groups is 1. The highest BCUT2D eigenvalue weighted by Gasteiger charge is 2.14. The van der Waals surface area contributed by atoms with Crippen LogP contribution in [0.15, 0.2) is 24.3 Å². The number of hydrogen-bond donors (Lipinski definition) is 1. The maximum absolute atomic E-state index is 11.8. The Morgan fingerprint density at radius 3 is 2.39 bits per heavy atom. The van der Waals surface area contributed by atoms with E-state index in [0.29, 0.717) is 11.0 Å². The second-order valence-electron chi connectivity index (χ2n) is 5.44. The van der Waals surface area contributed by atoms with Gasteiger partial charge in [-0.2, -0.15) is 0 Å². The third-order valence-corrected chi connectivity index (χ3v) is 2.26. The van der Waals surface area contributed by atoms with Crippen molar-refractivity contribution in [3.05, 3.63) is 24.3 Å². The molecular weight excluding hydrogens is 250 g/mol. The Morgan fingerprint density at radius 2 is 1.89 bits per heavy atom. The van der Waals surface area contributed by atoms with Gasteiger partial charge in [-0.3, -0.25) is 4.79 Å². The first kappa shape index (κ1) is 16.7. The maximum atomic E-state index is 11.8. The van der Waals surface area contributed by atoms with Crippen LogP contribution in [-0.4, -0.2) is 52.2 Å². The first-order valence-electron chi connectivity index (χ1n) is 5.65. The van der Waals surface area contributed by atoms with Crippen LogP contribution in [-0.2, 0) is 4.79 Å². The van der Waals surface area contributed by atoms with Gasteiger partial charge in [0.15, 0.2) is 6.54 Å². The zero-order valence-corrected chi connectivity index (χ0v) is 12.5. The molecule has 18 heavy (non-hydrogen) atoms. The predicted octanol–water partition coefficient (Wildman–Crippen LogP) is -1.60. The van der Waals surface area contributed by atoms with Gasteiger partial charge in [0.25, 0.3) is 5.91 Å². The average molecular weight is 272 g/mol. The van der Waals surface area contributed by atoms with E-state index in [1.807, 2.05) is 64.4 Å². The Kier molecular flexibility index (Phi) is 6.15. The van der Waals surface area contributed by atoms with Crippen LogP contribution < -0.4 is 22.6 Å². The number of nitrogens with one attached hydrogen (secondary N) is 1. The number of carbonyl (C=O) groups excluding carboxylic acids is 1. The molecule has 4 nitrogen and oxygen atoms in total. The first-order chi connectivity index (χ1) is 7.78. The Hall–Kier alpha value is -1.26. The molecule has 0 fully saturated rings. The van der Waals surface area contributed by atoms with Crippen molar-refractivity contribution in [2.45, 2.75) is 0 Å². The summed E-state index contributed by atoms with van der Waals surface area (Å²) in [5, 5.41) is 2.91. The van der Waals surface area contributed by atoms with Crippen molar-refractivity contribution in [2.75, 3.05) is 52.0 Å². The molecule has 102 valence electrons. The van der Waals surface area contributed by atoms with Gasteiger partial charge in [0.2, 0.25) is 0 Å². The Bertz CT molecular complexity index is 399. The van der Waals surface area contributed by atoms with E-state index in [1.54, 1.807) is 0 Å². The zero-order chi connectivity index (χ0) is 13.1. The molecule has 0 saturated heterocycles. The molecule has 1 aromatic carbocycles. The minimum absolute atomic E-state index is 0. The quantitative estimate of drug-likeness (QED) is 0.670. The summed E-state index contributed by atoms with van der Waals surface area (Å²) < 4.78 is 0.624. The predicted molar refractivity (Wildman–Crippen MR) is 72.3 cm³/mol. The van der Waals surface area contributed by atoms with Crippen LogP contribution >= 0.6 is 0 Å². The van der Waals surface area contributed by atoms with E-state index in [2.05, 4.69) is 5.32 Å². The maximum Gasteiger partial charge on any atom is 0.279 e. The molecule has 1 amide bonds. The highest BCUT2D eigenvalue weighted by molar-refractivity contribution is 5.92. The molecule has 0 radical (unpaired) electrons. The van der Waals surface area contributed by atoms with Crippen LogP contribution in [0.5, 0.6) is 0 Å². The fourth-order valence-electron chi connectivity index (χ4n) is 1.49. The van der Waals surface area contributed by atoms with Gasteiger partial charge in [-0.15, -0.1) is 0 Å². The largest absolute Gasteiger partial charge is 1.00 e. The highest BCUT2D eigenvalue weighted by Crippen LogP contribution is 2.17. The van der Waals surface area contributed by atoms with Crippen LogP contribution in [0.1, 0.15) is 0 Å². The molecule has 1 N–H and O–H groups in total. The summed E-state index contributed by atoms with van der Waals surface area (Å²) in [6.45, 7) is 0.464. The summed E-state index contributed by atoms with van der Waals surface area (Å²) in [6, 6.07) is 7.82. The van der Waals surface area contributed by atoms with Gasteiger partial charge in [0.1, 0.15) is 0 Å². The van der Waals surface area contributed by atoms with Crippen LogP contribution in [0.2, 0.25) is 0 Å². The number of halogens is 1. The molecule has 0 atom stereocenters. The number of amides is 1. The minimum atomic E-state index is 0. The molecule has 0 saturated carbocycles. The Morgan fingerprint density at radius 1 is 1.28 bits per heavy atom. The second-order valence-corrected chi connectivity index (χ2v) is 5.44. The first-order valence-corrected chi connectivity index (χ1v) is 5.65. The van der Waals surface area contributed by atoms with E-state index < -0.39 is 0 Å². The summed E-state index contributed by atoms with van der Waals surface area (Å²) in [5.74, 6) is 0.0356. The van der Waals surface area contributed by atoms with E-state index in [1.165, 1.54) is 0 Å². The summed E-state index contributed by atoms with van der Waals surface area (Å²) in [4.78, 5) is 13.8. The second kappa shape index (κ2) is 6.61. The van der Waals surface area contributed by atoms with Gasteiger partial charge in [0.05, 0.1) is 21.1 Å². The summed E-state index contributed by atoms with van der Waals surface area (Å²) >= 11 is 0. The van der Waals surface area contributed by atoms with Crippen molar-refractivity contribution in [1.82, 2.24) is 0 Å². The molecule has 0 aliphatic heterocycles. The van der Waals surface area contributed by atoms with Crippen LogP contribution in [0.4, 0.5) is 11.4 Å². The minimum Gasteiger partial charge on any atom is -1.00 e. The molecule has 1 aromatic rings. The Balaban J connectivity index is 0.00000289. The molecule has 0 bridgehead atoms. The van der Waals surface area contributed by atoms with Crippen LogP contribution in [0.3, 0.4) is 0 Å². The number of quaternary nitrogens is 1. The van der Waals surface area contributed by atoms with Crippen molar-refractivity contribution in [3.63, 3.8) is 0 Å².